The maximum Gasteiger partial charge on any atom is 0.355 e. The zero-order chi connectivity index (χ0) is 14.4. The molecule has 0 aliphatic carbocycles. The van der Waals surface area contributed by atoms with Crippen LogP contribution in [0.5, 0.6) is 0 Å². The van der Waals surface area contributed by atoms with Gasteiger partial charge in [0.15, 0.2) is 5.69 Å². The number of aromatic carboxylic acids is 1. The first-order chi connectivity index (χ1) is 9.66. The van der Waals surface area contributed by atoms with E-state index in [0.29, 0.717) is 11.4 Å². The van der Waals surface area contributed by atoms with E-state index in [1.165, 1.54) is 22.3 Å². The molecule has 0 saturated carbocycles. The van der Waals surface area contributed by atoms with Crippen LogP contribution in [-0.4, -0.2) is 21.2 Å². The van der Waals surface area contributed by atoms with Crippen molar-refractivity contribution in [2.24, 2.45) is 0 Å². The van der Waals surface area contributed by atoms with Crippen LogP contribution in [0.4, 0.5) is 0 Å². The van der Waals surface area contributed by atoms with Crippen molar-refractivity contribution in [3.8, 4) is 0 Å². The molecule has 106 valence electrons. The van der Waals surface area contributed by atoms with E-state index >= 15 is 0 Å². The standard InChI is InChI=1S/C15H17NO3S/c17-13(14-16-12(10-20-14)15(18)19)9-5-4-8-11-6-2-1-3-7-11/h1-3,6-7,10,13,17H,4-5,8-9H2,(H,18,19). The summed E-state index contributed by atoms with van der Waals surface area (Å²) >= 11 is 1.20. The molecule has 0 bridgehead atoms. The highest BCUT2D eigenvalue weighted by Gasteiger charge is 2.15. The molecule has 2 N–H and O–H groups in total. The Hall–Kier alpha value is -1.72. The maximum atomic E-state index is 10.7. The molecule has 1 atom stereocenters. The van der Waals surface area contributed by atoms with Gasteiger partial charge in [-0.1, -0.05) is 36.8 Å². The van der Waals surface area contributed by atoms with Gasteiger partial charge in [0.2, 0.25) is 0 Å². The van der Waals surface area contributed by atoms with Gasteiger partial charge in [0, 0.05) is 5.38 Å². The molecule has 0 aliphatic rings. The summed E-state index contributed by atoms with van der Waals surface area (Å²) in [5, 5.41) is 20.7. The number of carboxylic acid groups (broad SMARTS) is 1. The first-order valence-corrected chi connectivity index (χ1v) is 7.45. The highest BCUT2D eigenvalue weighted by molar-refractivity contribution is 7.09. The van der Waals surface area contributed by atoms with Gasteiger partial charge in [0.25, 0.3) is 0 Å². The van der Waals surface area contributed by atoms with Gasteiger partial charge in [-0.25, -0.2) is 9.78 Å². The molecule has 2 rings (SSSR count). The van der Waals surface area contributed by atoms with Gasteiger partial charge in [-0.05, 0) is 24.8 Å². The largest absolute Gasteiger partial charge is 0.476 e. The van der Waals surface area contributed by atoms with Crippen LogP contribution in [0.3, 0.4) is 0 Å². The van der Waals surface area contributed by atoms with Gasteiger partial charge in [-0.3, -0.25) is 0 Å². The van der Waals surface area contributed by atoms with Gasteiger partial charge in [0.1, 0.15) is 11.1 Å². The summed E-state index contributed by atoms with van der Waals surface area (Å²) in [6.45, 7) is 0. The van der Waals surface area contributed by atoms with Crippen molar-refractivity contribution in [1.82, 2.24) is 4.98 Å². The lowest BCUT2D eigenvalue weighted by molar-refractivity contribution is 0.0690. The highest BCUT2D eigenvalue weighted by Crippen LogP contribution is 2.23. The number of aliphatic hydroxyl groups excluding tert-OH is 1. The molecule has 1 unspecified atom stereocenters. The average molecular weight is 291 g/mol. The molecule has 1 aromatic carbocycles. The number of aryl methyl sites for hydroxylation is 1. The first-order valence-electron chi connectivity index (χ1n) is 6.57. The number of rotatable bonds is 7. The number of carboxylic acids is 1. The van der Waals surface area contributed by atoms with E-state index in [-0.39, 0.29) is 5.69 Å². The summed E-state index contributed by atoms with van der Waals surface area (Å²) in [5.41, 5.74) is 1.30. The maximum absolute atomic E-state index is 10.7. The fourth-order valence-electron chi connectivity index (χ4n) is 1.97. The minimum absolute atomic E-state index is 0.00772. The van der Waals surface area contributed by atoms with Gasteiger partial charge < -0.3 is 10.2 Å². The van der Waals surface area contributed by atoms with Crippen LogP contribution < -0.4 is 0 Å². The summed E-state index contributed by atoms with van der Waals surface area (Å²) < 4.78 is 0. The Morgan fingerprint density at radius 2 is 2.00 bits per heavy atom. The number of hydrogen-bond donors (Lipinski definition) is 2. The Labute approximate surface area is 121 Å². The van der Waals surface area contributed by atoms with Gasteiger partial charge in [0.05, 0.1) is 0 Å². The molecule has 0 saturated heterocycles. The summed E-state index contributed by atoms with van der Waals surface area (Å²) in [6, 6.07) is 10.2. The van der Waals surface area contributed by atoms with E-state index in [9.17, 15) is 9.90 Å². The molecule has 2 aromatic rings. The lowest BCUT2D eigenvalue weighted by Gasteiger charge is -2.07. The third-order valence-corrected chi connectivity index (χ3v) is 4.01. The second-order valence-corrected chi connectivity index (χ2v) is 5.51. The monoisotopic (exact) mass is 291 g/mol. The van der Waals surface area contributed by atoms with Crippen LogP contribution in [0.25, 0.3) is 0 Å². The lowest BCUT2D eigenvalue weighted by atomic mass is 10.1. The third kappa shape index (κ3) is 4.15. The third-order valence-electron chi connectivity index (χ3n) is 3.06. The number of thiazole rings is 1. The molecular formula is C15H17NO3S. The van der Waals surface area contributed by atoms with E-state index < -0.39 is 12.1 Å². The van der Waals surface area contributed by atoms with E-state index in [4.69, 9.17) is 5.11 Å². The summed E-state index contributed by atoms with van der Waals surface area (Å²) in [5.74, 6) is -1.05. The minimum atomic E-state index is -1.05. The number of unbranched alkanes of at least 4 members (excludes halogenated alkanes) is 1. The zero-order valence-electron chi connectivity index (χ0n) is 11.0. The van der Waals surface area contributed by atoms with Gasteiger partial charge >= 0.3 is 5.97 Å². The summed E-state index contributed by atoms with van der Waals surface area (Å²) in [6.07, 6.45) is 2.82. The number of aromatic nitrogens is 1. The Kier molecular flexibility index (Phi) is 5.26. The topological polar surface area (TPSA) is 70.4 Å². The molecule has 0 aliphatic heterocycles. The van der Waals surface area contributed by atoms with Crippen LogP contribution in [0.2, 0.25) is 0 Å². The molecule has 20 heavy (non-hydrogen) atoms. The molecule has 1 heterocycles. The van der Waals surface area contributed by atoms with Crippen molar-refractivity contribution in [2.45, 2.75) is 31.8 Å². The average Bonchev–Trinajstić information content (AvgIpc) is 2.94. The molecule has 0 fully saturated rings. The summed E-state index contributed by atoms with van der Waals surface area (Å²) in [7, 11) is 0. The SMILES string of the molecule is O=C(O)c1csc(C(O)CCCCc2ccccc2)n1. The molecule has 0 radical (unpaired) electrons. The van der Waals surface area contributed by atoms with Crippen LogP contribution in [0, 0.1) is 0 Å². The van der Waals surface area contributed by atoms with E-state index in [1.54, 1.807) is 0 Å². The second-order valence-electron chi connectivity index (χ2n) is 4.62. The number of benzene rings is 1. The second kappa shape index (κ2) is 7.17. The normalized spacial score (nSPS) is 12.2. The van der Waals surface area contributed by atoms with Crippen molar-refractivity contribution >= 4 is 17.3 Å². The summed E-state index contributed by atoms with van der Waals surface area (Å²) in [4.78, 5) is 14.6. The van der Waals surface area contributed by atoms with Crippen LogP contribution in [0.1, 0.15) is 46.4 Å². The zero-order valence-corrected chi connectivity index (χ0v) is 11.8. The lowest BCUT2D eigenvalue weighted by Crippen LogP contribution is -2.01. The molecule has 5 heteroatoms. The Balaban J connectivity index is 1.74. The van der Waals surface area contributed by atoms with Crippen molar-refractivity contribution in [3.63, 3.8) is 0 Å². The Bertz CT molecular complexity index is 553. The van der Waals surface area contributed by atoms with E-state index in [2.05, 4.69) is 17.1 Å². The quantitative estimate of drug-likeness (QED) is 0.768. The predicted octanol–water partition coefficient (Wildman–Crippen LogP) is 3.29. The number of aliphatic hydroxyl groups is 1. The van der Waals surface area contributed by atoms with Gasteiger partial charge in [-0.15, -0.1) is 11.3 Å². The predicted molar refractivity (Wildman–Crippen MR) is 78.0 cm³/mol. The van der Waals surface area contributed by atoms with E-state index in [0.717, 1.165) is 19.3 Å². The molecule has 1 aromatic heterocycles. The van der Waals surface area contributed by atoms with Crippen LogP contribution >= 0.6 is 11.3 Å². The highest BCUT2D eigenvalue weighted by atomic mass is 32.1. The fraction of sp³-hybridized carbons (Fsp3) is 0.333. The van der Waals surface area contributed by atoms with Crippen molar-refractivity contribution < 1.29 is 15.0 Å². The molecule has 4 nitrogen and oxygen atoms in total. The fourth-order valence-corrected chi connectivity index (χ4v) is 2.79. The van der Waals surface area contributed by atoms with Crippen molar-refractivity contribution in [1.29, 1.82) is 0 Å². The minimum Gasteiger partial charge on any atom is -0.476 e. The van der Waals surface area contributed by atoms with Crippen LogP contribution in [0.15, 0.2) is 35.7 Å². The Morgan fingerprint density at radius 1 is 1.25 bits per heavy atom. The van der Waals surface area contributed by atoms with Gasteiger partial charge in [-0.2, -0.15) is 0 Å². The number of hydrogen-bond acceptors (Lipinski definition) is 4. The number of nitrogens with zero attached hydrogens (tertiary/aromatic N) is 1. The Morgan fingerprint density at radius 3 is 2.65 bits per heavy atom. The molecular weight excluding hydrogens is 274 g/mol. The van der Waals surface area contributed by atoms with E-state index in [1.807, 2.05) is 18.2 Å². The number of carbonyl (C=O) groups is 1. The van der Waals surface area contributed by atoms with Crippen molar-refractivity contribution in [3.05, 3.63) is 52.0 Å². The molecule has 0 amide bonds. The molecule has 0 spiro atoms. The first kappa shape index (κ1) is 14.7. The smallest absolute Gasteiger partial charge is 0.355 e. The van der Waals surface area contributed by atoms with Crippen molar-refractivity contribution in [2.75, 3.05) is 0 Å². The van der Waals surface area contributed by atoms with Crippen LogP contribution in [-0.2, 0) is 6.42 Å².